The van der Waals surface area contributed by atoms with E-state index < -0.39 is 24.0 Å². The number of aromatic nitrogens is 1. The molecule has 0 bridgehead atoms. The van der Waals surface area contributed by atoms with E-state index in [4.69, 9.17) is 9.15 Å². The Kier molecular flexibility index (Phi) is 6.40. The number of imide groups is 1. The Hall–Kier alpha value is -3.46. The molecule has 1 aromatic carbocycles. The summed E-state index contributed by atoms with van der Waals surface area (Å²) in [5.74, 6) is -0.940. The molecule has 29 heavy (non-hydrogen) atoms. The minimum absolute atomic E-state index is 0.106. The second kappa shape index (κ2) is 9.16. The van der Waals surface area contributed by atoms with Gasteiger partial charge in [-0.05, 0) is 31.5 Å². The fourth-order valence-corrected chi connectivity index (χ4v) is 3.27. The highest BCUT2D eigenvalue weighted by Crippen LogP contribution is 2.28. The summed E-state index contributed by atoms with van der Waals surface area (Å²) in [6.45, 7) is 3.37. The van der Waals surface area contributed by atoms with Crippen molar-refractivity contribution in [1.29, 1.82) is 0 Å². The lowest BCUT2D eigenvalue weighted by Crippen LogP contribution is -2.44. The maximum absolute atomic E-state index is 12.4. The molecular weight excluding hydrogens is 394 g/mol. The predicted octanol–water partition coefficient (Wildman–Crippen LogP) is 3.28. The molecule has 0 aliphatic carbocycles. The number of nitrogens with one attached hydrogen (secondary N) is 2. The van der Waals surface area contributed by atoms with Crippen molar-refractivity contribution in [2.75, 3.05) is 0 Å². The summed E-state index contributed by atoms with van der Waals surface area (Å²) in [4.78, 5) is 41.2. The van der Waals surface area contributed by atoms with Crippen LogP contribution >= 0.6 is 11.3 Å². The number of urea groups is 1. The van der Waals surface area contributed by atoms with Crippen molar-refractivity contribution in [2.45, 2.75) is 26.5 Å². The lowest BCUT2D eigenvalue weighted by molar-refractivity contribution is -0.127. The number of nitrogens with zero attached hydrogens (tertiary/aromatic N) is 1. The largest absolute Gasteiger partial charge is 0.462 e. The molecule has 0 aliphatic heterocycles. The molecule has 150 valence electrons. The van der Waals surface area contributed by atoms with Crippen LogP contribution in [0.3, 0.4) is 0 Å². The summed E-state index contributed by atoms with van der Waals surface area (Å²) in [6.07, 6.45) is 0.345. The summed E-state index contributed by atoms with van der Waals surface area (Å²) >= 11 is 1.28. The third kappa shape index (κ3) is 5.29. The first-order valence-electron chi connectivity index (χ1n) is 8.79. The quantitative estimate of drug-likeness (QED) is 0.600. The van der Waals surface area contributed by atoms with Crippen molar-refractivity contribution >= 4 is 29.2 Å². The van der Waals surface area contributed by atoms with E-state index >= 15 is 0 Å². The van der Waals surface area contributed by atoms with Crippen molar-refractivity contribution in [1.82, 2.24) is 15.6 Å². The van der Waals surface area contributed by atoms with Crippen molar-refractivity contribution in [3.8, 4) is 10.8 Å². The van der Waals surface area contributed by atoms with Crippen molar-refractivity contribution in [3.63, 3.8) is 0 Å². The first kappa shape index (κ1) is 20.3. The van der Waals surface area contributed by atoms with Gasteiger partial charge < -0.3 is 14.5 Å². The first-order valence-corrected chi connectivity index (χ1v) is 9.60. The van der Waals surface area contributed by atoms with Gasteiger partial charge in [0.05, 0.1) is 6.26 Å². The van der Waals surface area contributed by atoms with Crippen LogP contribution in [0.1, 0.15) is 27.9 Å². The van der Waals surface area contributed by atoms with E-state index in [0.29, 0.717) is 15.6 Å². The van der Waals surface area contributed by atoms with Gasteiger partial charge in [0, 0.05) is 11.4 Å². The third-order valence-corrected chi connectivity index (χ3v) is 4.89. The molecule has 0 saturated carbocycles. The number of thiazole rings is 1. The highest BCUT2D eigenvalue weighted by molar-refractivity contribution is 7.15. The van der Waals surface area contributed by atoms with Crippen LogP contribution in [0, 0.1) is 6.92 Å². The van der Waals surface area contributed by atoms with Gasteiger partial charge in [0.1, 0.15) is 0 Å². The monoisotopic (exact) mass is 413 g/mol. The van der Waals surface area contributed by atoms with Crippen molar-refractivity contribution in [3.05, 3.63) is 64.9 Å². The Morgan fingerprint density at radius 3 is 2.62 bits per heavy atom. The Morgan fingerprint density at radius 1 is 1.17 bits per heavy atom. The van der Waals surface area contributed by atoms with E-state index in [1.807, 2.05) is 30.3 Å². The molecule has 8 nitrogen and oxygen atoms in total. The third-order valence-electron chi connectivity index (χ3n) is 3.91. The predicted molar refractivity (Wildman–Crippen MR) is 106 cm³/mol. The van der Waals surface area contributed by atoms with Gasteiger partial charge in [-0.25, -0.2) is 14.6 Å². The topological polar surface area (TPSA) is 111 Å². The van der Waals surface area contributed by atoms with Gasteiger partial charge in [0.2, 0.25) is 0 Å². The van der Waals surface area contributed by atoms with E-state index in [9.17, 15) is 14.4 Å². The van der Waals surface area contributed by atoms with Crippen LogP contribution in [-0.2, 0) is 16.1 Å². The van der Waals surface area contributed by atoms with E-state index in [0.717, 1.165) is 5.56 Å². The summed E-state index contributed by atoms with van der Waals surface area (Å²) in [5, 5.41) is 5.25. The van der Waals surface area contributed by atoms with Gasteiger partial charge in [0.25, 0.3) is 5.91 Å². The molecule has 9 heteroatoms. The lowest BCUT2D eigenvalue weighted by atomic mass is 10.2. The Bertz CT molecular complexity index is 999. The molecule has 0 fully saturated rings. The number of benzene rings is 1. The molecule has 3 rings (SSSR count). The van der Waals surface area contributed by atoms with Crippen LogP contribution in [-0.4, -0.2) is 29.0 Å². The van der Waals surface area contributed by atoms with E-state index in [1.54, 1.807) is 19.1 Å². The summed E-state index contributed by atoms with van der Waals surface area (Å²) < 4.78 is 10.4. The molecule has 3 amide bonds. The Labute approximate surface area is 170 Å². The fourth-order valence-electron chi connectivity index (χ4n) is 2.40. The Balaban J connectivity index is 1.52. The van der Waals surface area contributed by atoms with Crippen LogP contribution in [0.15, 0.2) is 53.1 Å². The van der Waals surface area contributed by atoms with Crippen LogP contribution in [0.5, 0.6) is 0 Å². The Morgan fingerprint density at radius 2 is 1.93 bits per heavy atom. The standard InChI is InChI=1S/C20H19N3O5S/c1-12(17(24)23-20(26)21-11-14-7-4-3-5-8-14)28-19(25)16-13(2)29-18(22-16)15-9-6-10-27-15/h3-10,12H,11H2,1-2H3,(H2,21,23,24,26). The SMILES string of the molecule is Cc1sc(-c2ccco2)nc1C(=O)OC(C)C(=O)NC(=O)NCc1ccccc1. The maximum atomic E-state index is 12.4. The number of hydrogen-bond donors (Lipinski definition) is 2. The molecular formula is C20H19N3O5S. The van der Waals surface area contributed by atoms with Crippen LogP contribution < -0.4 is 10.6 Å². The van der Waals surface area contributed by atoms with E-state index in [-0.39, 0.29) is 12.2 Å². The zero-order valence-corrected chi connectivity index (χ0v) is 16.6. The van der Waals surface area contributed by atoms with Gasteiger partial charge in [-0.1, -0.05) is 30.3 Å². The van der Waals surface area contributed by atoms with Gasteiger partial charge in [-0.15, -0.1) is 11.3 Å². The lowest BCUT2D eigenvalue weighted by Gasteiger charge is -2.13. The number of rotatable bonds is 6. The number of hydrogen-bond acceptors (Lipinski definition) is 7. The number of aryl methyl sites for hydroxylation is 1. The molecule has 0 saturated heterocycles. The van der Waals surface area contributed by atoms with Crippen LogP contribution in [0.4, 0.5) is 4.79 Å². The number of esters is 1. The van der Waals surface area contributed by atoms with Gasteiger partial charge in [-0.3, -0.25) is 10.1 Å². The van der Waals surface area contributed by atoms with Crippen LogP contribution in [0.2, 0.25) is 0 Å². The summed E-state index contributed by atoms with van der Waals surface area (Å²) in [5.41, 5.74) is 0.996. The maximum Gasteiger partial charge on any atom is 0.358 e. The molecule has 0 spiro atoms. The first-order chi connectivity index (χ1) is 13.9. The minimum atomic E-state index is -1.17. The molecule has 2 aromatic heterocycles. The summed E-state index contributed by atoms with van der Waals surface area (Å²) in [7, 11) is 0. The molecule has 0 aliphatic rings. The fraction of sp³-hybridized carbons (Fsp3) is 0.200. The average Bonchev–Trinajstić information content (AvgIpc) is 3.36. The normalized spacial score (nSPS) is 11.5. The molecule has 1 atom stereocenters. The van der Waals surface area contributed by atoms with Crippen LogP contribution in [0.25, 0.3) is 10.8 Å². The van der Waals surface area contributed by atoms with Crippen molar-refractivity contribution < 1.29 is 23.5 Å². The average molecular weight is 413 g/mol. The number of carbonyl (C=O) groups is 3. The molecule has 0 radical (unpaired) electrons. The summed E-state index contributed by atoms with van der Waals surface area (Å²) in [6, 6.07) is 12.0. The molecule has 2 N–H and O–H groups in total. The van der Waals surface area contributed by atoms with Gasteiger partial charge in [-0.2, -0.15) is 0 Å². The second-order valence-corrected chi connectivity index (χ2v) is 7.31. The zero-order chi connectivity index (χ0) is 20.8. The zero-order valence-electron chi connectivity index (χ0n) is 15.8. The highest BCUT2D eigenvalue weighted by Gasteiger charge is 2.24. The minimum Gasteiger partial charge on any atom is -0.462 e. The molecule has 2 heterocycles. The number of ether oxygens (including phenoxy) is 1. The van der Waals surface area contributed by atoms with E-state index in [1.165, 1.54) is 24.5 Å². The molecule has 3 aromatic rings. The molecule has 1 unspecified atom stereocenters. The number of amides is 3. The van der Waals surface area contributed by atoms with Gasteiger partial charge >= 0.3 is 12.0 Å². The smallest absolute Gasteiger partial charge is 0.358 e. The van der Waals surface area contributed by atoms with Gasteiger partial charge in [0.15, 0.2) is 22.6 Å². The van der Waals surface area contributed by atoms with Crippen molar-refractivity contribution in [2.24, 2.45) is 0 Å². The number of carbonyl (C=O) groups excluding carboxylic acids is 3. The van der Waals surface area contributed by atoms with E-state index in [2.05, 4.69) is 15.6 Å². The highest BCUT2D eigenvalue weighted by atomic mass is 32.1. The number of furan rings is 1. The second-order valence-electron chi connectivity index (χ2n) is 6.11.